The summed E-state index contributed by atoms with van der Waals surface area (Å²) in [5, 5.41) is 12.7. The maximum absolute atomic E-state index is 10.8. The lowest BCUT2D eigenvalue weighted by atomic mass is 9.97. The number of hydrogen-bond donors (Lipinski definition) is 1. The van der Waals surface area contributed by atoms with E-state index < -0.39 is 11.6 Å². The van der Waals surface area contributed by atoms with Crippen LogP contribution in [0, 0.1) is 0 Å². The molecule has 1 unspecified atom stereocenters. The van der Waals surface area contributed by atoms with Gasteiger partial charge in [-0.25, -0.2) is 4.79 Å². The van der Waals surface area contributed by atoms with Gasteiger partial charge in [-0.2, -0.15) is 0 Å². The van der Waals surface area contributed by atoms with E-state index in [1.165, 1.54) is 19.3 Å². The molecule has 0 aliphatic carbocycles. The smallest absolute Gasteiger partial charge is 0.351 e. The van der Waals surface area contributed by atoms with Gasteiger partial charge in [-0.15, -0.1) is 0 Å². The highest BCUT2D eigenvalue weighted by Crippen LogP contribution is 2.25. The molecule has 1 N–H and O–H groups in total. The van der Waals surface area contributed by atoms with Crippen LogP contribution in [0.15, 0.2) is 5.16 Å². The van der Waals surface area contributed by atoms with Crippen LogP contribution in [0.3, 0.4) is 0 Å². The molecule has 0 saturated carbocycles. The quantitative estimate of drug-likeness (QED) is 0.690. The highest BCUT2D eigenvalue weighted by molar-refractivity contribution is 5.92. The average molecular weight is 213 g/mol. The van der Waals surface area contributed by atoms with Gasteiger partial charge in [0.25, 0.3) is 0 Å². The lowest BCUT2D eigenvalue weighted by Crippen LogP contribution is -2.35. The van der Waals surface area contributed by atoms with Crippen molar-refractivity contribution >= 4 is 11.7 Å². The zero-order valence-corrected chi connectivity index (χ0v) is 9.45. The van der Waals surface area contributed by atoms with Crippen LogP contribution in [-0.4, -0.2) is 22.4 Å². The van der Waals surface area contributed by atoms with Crippen molar-refractivity contribution in [3.05, 3.63) is 0 Å². The molecular weight excluding hydrogens is 194 g/mol. The molecule has 1 aliphatic heterocycles. The molecule has 86 valence electrons. The number of carboxylic acids is 1. The van der Waals surface area contributed by atoms with Crippen LogP contribution in [0.2, 0.25) is 0 Å². The number of carboxylic acid groups (broad SMARTS) is 1. The van der Waals surface area contributed by atoms with Gasteiger partial charge in [-0.1, -0.05) is 31.3 Å². The first kappa shape index (κ1) is 12.0. The number of nitrogens with zero attached hydrogens (tertiary/aromatic N) is 1. The molecule has 0 amide bonds. The predicted molar refractivity (Wildman–Crippen MR) is 57.9 cm³/mol. The molecule has 1 heterocycles. The second-order valence-corrected chi connectivity index (χ2v) is 4.27. The topological polar surface area (TPSA) is 58.9 Å². The highest BCUT2D eigenvalue weighted by atomic mass is 16.7. The van der Waals surface area contributed by atoms with Gasteiger partial charge >= 0.3 is 5.97 Å². The average Bonchev–Trinajstić information content (AvgIpc) is 2.57. The minimum Gasteiger partial charge on any atom is -0.478 e. The van der Waals surface area contributed by atoms with Crippen LogP contribution in [0.5, 0.6) is 0 Å². The van der Waals surface area contributed by atoms with Crippen LogP contribution in [0.25, 0.3) is 0 Å². The van der Waals surface area contributed by atoms with E-state index in [0.717, 1.165) is 18.6 Å². The Kier molecular flexibility index (Phi) is 4.12. The summed E-state index contributed by atoms with van der Waals surface area (Å²) in [6.07, 6.45) is 5.97. The van der Waals surface area contributed by atoms with Crippen molar-refractivity contribution in [2.24, 2.45) is 5.16 Å². The molecule has 0 spiro atoms. The summed E-state index contributed by atoms with van der Waals surface area (Å²) in [5.41, 5.74) is -0.240. The van der Waals surface area contributed by atoms with Gasteiger partial charge < -0.3 is 9.94 Å². The van der Waals surface area contributed by atoms with Crippen LogP contribution >= 0.6 is 0 Å². The summed E-state index contributed by atoms with van der Waals surface area (Å²) >= 11 is 0. The first-order valence-electron chi connectivity index (χ1n) is 5.56. The number of oxime groups is 1. The molecule has 4 heteroatoms. The first-order valence-corrected chi connectivity index (χ1v) is 5.56. The molecule has 4 nitrogen and oxygen atoms in total. The maximum Gasteiger partial charge on any atom is 0.351 e. The molecule has 15 heavy (non-hydrogen) atoms. The minimum absolute atomic E-state index is 0.425. The minimum atomic E-state index is -1.12. The van der Waals surface area contributed by atoms with Gasteiger partial charge in [0.2, 0.25) is 5.60 Å². The second kappa shape index (κ2) is 5.14. The van der Waals surface area contributed by atoms with Crippen LogP contribution in [0.1, 0.15) is 52.4 Å². The van der Waals surface area contributed by atoms with E-state index in [-0.39, 0.29) is 0 Å². The summed E-state index contributed by atoms with van der Waals surface area (Å²) in [5.74, 6) is -0.935. The fourth-order valence-corrected chi connectivity index (χ4v) is 1.62. The fourth-order valence-electron chi connectivity index (χ4n) is 1.62. The zero-order chi connectivity index (χ0) is 11.3. The second-order valence-electron chi connectivity index (χ2n) is 4.27. The Bertz CT molecular complexity index is 263. The van der Waals surface area contributed by atoms with Crippen molar-refractivity contribution in [3.63, 3.8) is 0 Å². The van der Waals surface area contributed by atoms with Crippen LogP contribution < -0.4 is 0 Å². The number of carbonyl (C=O) groups is 1. The summed E-state index contributed by atoms with van der Waals surface area (Å²) in [7, 11) is 0. The molecule has 0 aromatic heterocycles. The Morgan fingerprint density at radius 2 is 2.27 bits per heavy atom. The normalized spacial score (nSPS) is 24.8. The molecule has 0 aromatic rings. The van der Waals surface area contributed by atoms with Gasteiger partial charge in [0, 0.05) is 6.42 Å². The monoisotopic (exact) mass is 213 g/mol. The molecular formula is C11H19NO3. The van der Waals surface area contributed by atoms with Crippen molar-refractivity contribution in [3.8, 4) is 0 Å². The van der Waals surface area contributed by atoms with E-state index in [0.29, 0.717) is 6.42 Å². The van der Waals surface area contributed by atoms with E-state index in [2.05, 4.69) is 12.1 Å². The summed E-state index contributed by atoms with van der Waals surface area (Å²) in [4.78, 5) is 15.8. The summed E-state index contributed by atoms with van der Waals surface area (Å²) in [6, 6.07) is 0. The highest BCUT2D eigenvalue weighted by Gasteiger charge is 2.41. The largest absolute Gasteiger partial charge is 0.478 e. The zero-order valence-electron chi connectivity index (χ0n) is 9.45. The van der Waals surface area contributed by atoms with Gasteiger partial charge in [0.15, 0.2) is 0 Å². The van der Waals surface area contributed by atoms with Gasteiger partial charge in [-0.3, -0.25) is 0 Å². The van der Waals surface area contributed by atoms with Gasteiger partial charge in [0.1, 0.15) is 0 Å². The lowest BCUT2D eigenvalue weighted by Gasteiger charge is -2.14. The Morgan fingerprint density at radius 1 is 1.53 bits per heavy atom. The van der Waals surface area contributed by atoms with E-state index in [9.17, 15) is 4.79 Å². The van der Waals surface area contributed by atoms with E-state index in [4.69, 9.17) is 9.94 Å². The van der Waals surface area contributed by atoms with Crippen molar-refractivity contribution in [2.45, 2.75) is 58.0 Å². The molecule has 1 atom stereocenters. The number of hydrogen-bond acceptors (Lipinski definition) is 3. The third kappa shape index (κ3) is 3.22. The Balaban J connectivity index is 2.27. The van der Waals surface area contributed by atoms with E-state index >= 15 is 0 Å². The Morgan fingerprint density at radius 3 is 2.80 bits per heavy atom. The molecule has 1 aliphatic rings. The SMILES string of the molecule is CCCCCCC1=NOC(C)(C(=O)O)C1. The van der Waals surface area contributed by atoms with Gasteiger partial charge in [0.05, 0.1) is 5.71 Å². The predicted octanol–water partition coefficient (Wildman–Crippen LogP) is 2.58. The molecule has 0 saturated heterocycles. The number of rotatable bonds is 6. The van der Waals surface area contributed by atoms with Crippen LogP contribution in [-0.2, 0) is 9.63 Å². The third-order valence-corrected chi connectivity index (χ3v) is 2.69. The maximum atomic E-state index is 10.8. The molecule has 0 aromatic carbocycles. The Hall–Kier alpha value is -1.06. The molecule has 0 radical (unpaired) electrons. The van der Waals surface area contributed by atoms with Crippen molar-refractivity contribution in [1.29, 1.82) is 0 Å². The molecule has 0 bridgehead atoms. The van der Waals surface area contributed by atoms with Crippen molar-refractivity contribution in [1.82, 2.24) is 0 Å². The van der Waals surface area contributed by atoms with Crippen molar-refractivity contribution in [2.75, 3.05) is 0 Å². The number of unbranched alkanes of at least 4 members (excludes halogenated alkanes) is 3. The summed E-state index contributed by atoms with van der Waals surface area (Å²) in [6.45, 7) is 3.73. The summed E-state index contributed by atoms with van der Waals surface area (Å²) < 4.78 is 0. The lowest BCUT2D eigenvalue weighted by molar-refractivity contribution is -0.160. The van der Waals surface area contributed by atoms with E-state index in [1.807, 2.05) is 0 Å². The molecule has 1 rings (SSSR count). The van der Waals surface area contributed by atoms with Crippen LogP contribution in [0.4, 0.5) is 0 Å². The van der Waals surface area contributed by atoms with Crippen molar-refractivity contribution < 1.29 is 14.7 Å². The third-order valence-electron chi connectivity index (χ3n) is 2.69. The Labute approximate surface area is 90.3 Å². The fraction of sp³-hybridized carbons (Fsp3) is 0.818. The standard InChI is InChI=1S/C11H19NO3/c1-3-4-5-6-7-9-8-11(2,10(13)14)15-12-9/h3-8H2,1-2H3,(H,13,14). The number of aliphatic carboxylic acids is 1. The molecule has 0 fully saturated rings. The van der Waals surface area contributed by atoms with E-state index in [1.54, 1.807) is 6.92 Å². The van der Waals surface area contributed by atoms with Gasteiger partial charge in [-0.05, 0) is 19.8 Å². The first-order chi connectivity index (χ1) is 7.08.